The number of piperazine rings is 1. The summed E-state index contributed by atoms with van der Waals surface area (Å²) in [6.07, 6.45) is 3.94. The third-order valence-corrected chi connectivity index (χ3v) is 5.65. The van der Waals surface area contributed by atoms with Gasteiger partial charge in [-0.25, -0.2) is 0 Å². The summed E-state index contributed by atoms with van der Waals surface area (Å²) >= 11 is 7.32. The molecule has 2 aliphatic heterocycles. The number of fused-ring (bicyclic) bond motifs is 1. The maximum atomic E-state index is 3.72. The second-order valence-corrected chi connectivity index (χ2v) is 7.37. The first-order valence-electron chi connectivity index (χ1n) is 7.14. The Morgan fingerprint density at radius 3 is 2.89 bits per heavy atom. The first kappa shape index (κ1) is 13.9. The number of anilines is 1. The quantitative estimate of drug-likeness (QED) is 0.747. The molecular weight excluding hydrogens is 368 g/mol. The third kappa shape index (κ3) is 2.72. The highest BCUT2D eigenvalue weighted by Crippen LogP contribution is 2.35. The number of hydrogen-bond acceptors (Lipinski definition) is 2. The zero-order chi connectivity index (χ0) is 13.4. The van der Waals surface area contributed by atoms with Crippen LogP contribution in [-0.2, 0) is 0 Å². The maximum Gasteiger partial charge on any atom is 0.0525 e. The van der Waals surface area contributed by atoms with E-state index in [4.69, 9.17) is 0 Å². The van der Waals surface area contributed by atoms with E-state index in [9.17, 15) is 0 Å². The van der Waals surface area contributed by atoms with Gasteiger partial charge < -0.3 is 4.90 Å². The number of halogens is 2. The number of hydrogen-bond donors (Lipinski definition) is 0. The van der Waals surface area contributed by atoms with Crippen molar-refractivity contribution in [2.45, 2.75) is 38.3 Å². The Morgan fingerprint density at radius 2 is 2.11 bits per heavy atom. The molecule has 1 aromatic carbocycles. The van der Waals surface area contributed by atoms with E-state index in [2.05, 4.69) is 66.8 Å². The van der Waals surface area contributed by atoms with Crippen LogP contribution in [0.1, 0.15) is 26.2 Å². The van der Waals surface area contributed by atoms with Crippen LogP contribution in [0, 0.1) is 0 Å². The highest BCUT2D eigenvalue weighted by Gasteiger charge is 2.36. The van der Waals surface area contributed by atoms with Gasteiger partial charge in [0.2, 0.25) is 0 Å². The van der Waals surface area contributed by atoms with Crippen molar-refractivity contribution in [2.24, 2.45) is 0 Å². The molecule has 0 aliphatic carbocycles. The van der Waals surface area contributed by atoms with E-state index < -0.39 is 0 Å². The summed E-state index contributed by atoms with van der Waals surface area (Å²) in [6, 6.07) is 7.89. The van der Waals surface area contributed by atoms with E-state index in [0.29, 0.717) is 6.04 Å². The Labute approximate surface area is 132 Å². The average Bonchev–Trinajstić information content (AvgIpc) is 2.87. The van der Waals surface area contributed by atoms with E-state index in [1.165, 1.54) is 49.1 Å². The van der Waals surface area contributed by atoms with Crippen molar-refractivity contribution < 1.29 is 0 Å². The summed E-state index contributed by atoms with van der Waals surface area (Å²) in [7, 11) is 0. The number of benzene rings is 1. The second kappa shape index (κ2) is 5.74. The van der Waals surface area contributed by atoms with Crippen LogP contribution in [0.15, 0.2) is 27.1 Å². The molecule has 2 aliphatic rings. The van der Waals surface area contributed by atoms with Crippen molar-refractivity contribution >= 4 is 37.5 Å². The molecule has 2 heterocycles. The van der Waals surface area contributed by atoms with Gasteiger partial charge in [0, 0.05) is 34.1 Å². The van der Waals surface area contributed by atoms with Gasteiger partial charge in [-0.3, -0.25) is 4.90 Å². The zero-order valence-electron chi connectivity index (χ0n) is 11.3. The highest BCUT2D eigenvalue weighted by atomic mass is 79.9. The van der Waals surface area contributed by atoms with E-state index in [1.807, 2.05) is 0 Å². The minimum absolute atomic E-state index is 0.639. The van der Waals surface area contributed by atoms with Crippen LogP contribution in [0.4, 0.5) is 5.69 Å². The van der Waals surface area contributed by atoms with Gasteiger partial charge in [-0.2, -0.15) is 0 Å². The summed E-state index contributed by atoms with van der Waals surface area (Å²) in [5, 5.41) is 0. The summed E-state index contributed by atoms with van der Waals surface area (Å²) in [6.45, 7) is 6.00. The molecule has 0 spiro atoms. The van der Waals surface area contributed by atoms with Crippen LogP contribution >= 0.6 is 31.9 Å². The average molecular weight is 388 g/mol. The lowest BCUT2D eigenvalue weighted by atomic mass is 10.0. The van der Waals surface area contributed by atoms with Crippen molar-refractivity contribution in [3.63, 3.8) is 0 Å². The first-order chi connectivity index (χ1) is 9.19. The largest absolute Gasteiger partial charge is 0.365 e. The van der Waals surface area contributed by atoms with Crippen LogP contribution in [0.2, 0.25) is 0 Å². The van der Waals surface area contributed by atoms with Crippen LogP contribution in [0.5, 0.6) is 0 Å². The van der Waals surface area contributed by atoms with Gasteiger partial charge >= 0.3 is 0 Å². The summed E-state index contributed by atoms with van der Waals surface area (Å²) < 4.78 is 2.37. The molecule has 104 valence electrons. The van der Waals surface area contributed by atoms with Crippen molar-refractivity contribution in [2.75, 3.05) is 24.5 Å². The molecule has 2 nitrogen and oxygen atoms in total. The Kier molecular flexibility index (Phi) is 4.20. The van der Waals surface area contributed by atoms with Gasteiger partial charge in [0.05, 0.1) is 5.69 Å². The maximum absolute atomic E-state index is 3.72. The second-order valence-electron chi connectivity index (χ2n) is 5.60. The normalized spacial score (nSPS) is 27.6. The lowest BCUT2D eigenvalue weighted by molar-refractivity contribution is 0.194. The van der Waals surface area contributed by atoms with Crippen LogP contribution < -0.4 is 4.90 Å². The SMILES string of the molecule is CCC1CN2CCCC2CN1c1cc(Br)ccc1Br. The molecule has 1 aromatic rings. The molecule has 0 N–H and O–H groups in total. The molecule has 2 saturated heterocycles. The standard InChI is InChI=1S/C15H20Br2N2/c1-2-12-9-18-7-3-4-13(18)10-19(12)15-8-11(16)5-6-14(15)17/h5-6,8,12-13H,2-4,7,9-10H2,1H3. The molecule has 2 fully saturated rings. The molecule has 0 saturated carbocycles. The zero-order valence-corrected chi connectivity index (χ0v) is 14.5. The minimum Gasteiger partial charge on any atom is -0.365 e. The van der Waals surface area contributed by atoms with Gasteiger partial charge in [0.25, 0.3) is 0 Å². The number of nitrogens with zero attached hydrogens (tertiary/aromatic N) is 2. The minimum atomic E-state index is 0.639. The molecule has 2 atom stereocenters. The molecule has 4 heteroatoms. The van der Waals surface area contributed by atoms with Crippen molar-refractivity contribution in [1.82, 2.24) is 4.90 Å². The summed E-state index contributed by atoms with van der Waals surface area (Å²) in [5.74, 6) is 0. The smallest absolute Gasteiger partial charge is 0.0525 e. The van der Waals surface area contributed by atoms with Gasteiger partial charge in [0.15, 0.2) is 0 Å². The molecular formula is C15H20Br2N2. The topological polar surface area (TPSA) is 6.48 Å². The molecule has 2 unspecified atom stereocenters. The van der Waals surface area contributed by atoms with Gasteiger partial charge in [0.1, 0.15) is 0 Å². The fourth-order valence-corrected chi connectivity index (χ4v) is 4.26. The molecule has 0 amide bonds. The predicted molar refractivity (Wildman–Crippen MR) is 87.9 cm³/mol. The Hall–Kier alpha value is -0.0600. The predicted octanol–water partition coefficient (Wildman–Crippen LogP) is 4.27. The van der Waals surface area contributed by atoms with Crippen LogP contribution in [0.3, 0.4) is 0 Å². The third-order valence-electron chi connectivity index (χ3n) is 4.48. The van der Waals surface area contributed by atoms with Gasteiger partial charge in [-0.1, -0.05) is 22.9 Å². The number of rotatable bonds is 2. The monoisotopic (exact) mass is 386 g/mol. The lowest BCUT2D eigenvalue weighted by Gasteiger charge is -2.45. The van der Waals surface area contributed by atoms with E-state index in [1.54, 1.807) is 0 Å². The molecule has 0 bridgehead atoms. The highest BCUT2D eigenvalue weighted by molar-refractivity contribution is 9.11. The van der Waals surface area contributed by atoms with Crippen molar-refractivity contribution in [1.29, 1.82) is 0 Å². The van der Waals surface area contributed by atoms with Crippen molar-refractivity contribution in [3.8, 4) is 0 Å². The van der Waals surface area contributed by atoms with E-state index >= 15 is 0 Å². The van der Waals surface area contributed by atoms with Gasteiger partial charge in [-0.05, 0) is 59.9 Å². The van der Waals surface area contributed by atoms with Gasteiger partial charge in [-0.15, -0.1) is 0 Å². The fraction of sp³-hybridized carbons (Fsp3) is 0.600. The molecule has 3 rings (SSSR count). The molecule has 19 heavy (non-hydrogen) atoms. The van der Waals surface area contributed by atoms with Crippen LogP contribution in [0.25, 0.3) is 0 Å². The van der Waals surface area contributed by atoms with Crippen molar-refractivity contribution in [3.05, 3.63) is 27.1 Å². The van der Waals surface area contributed by atoms with Crippen LogP contribution in [-0.4, -0.2) is 36.6 Å². The lowest BCUT2D eigenvalue weighted by Crippen LogP contribution is -2.56. The molecule has 0 radical (unpaired) electrons. The Bertz CT molecular complexity index is 463. The summed E-state index contributed by atoms with van der Waals surface area (Å²) in [4.78, 5) is 5.30. The fourth-order valence-electron chi connectivity index (χ4n) is 3.44. The Balaban J connectivity index is 1.90. The Morgan fingerprint density at radius 1 is 1.26 bits per heavy atom. The summed E-state index contributed by atoms with van der Waals surface area (Å²) in [5.41, 5.74) is 1.34. The first-order valence-corrected chi connectivity index (χ1v) is 8.73. The van der Waals surface area contributed by atoms with E-state index in [0.717, 1.165) is 10.5 Å². The molecule has 0 aromatic heterocycles. The van der Waals surface area contributed by atoms with E-state index in [-0.39, 0.29) is 0 Å².